The number of aliphatic carboxylic acids is 2. The summed E-state index contributed by atoms with van der Waals surface area (Å²) in [6, 6.07) is 28.5. The van der Waals surface area contributed by atoms with E-state index in [1.54, 1.807) is 50.2 Å². The molecule has 0 radical (unpaired) electrons. The highest BCUT2D eigenvalue weighted by molar-refractivity contribution is 7.85. The smallest absolute Gasteiger partial charge is 0.304 e. The van der Waals surface area contributed by atoms with E-state index in [1.165, 1.54) is 0 Å². The summed E-state index contributed by atoms with van der Waals surface area (Å²) in [6.07, 6.45) is 1.34. The first-order chi connectivity index (χ1) is 32.9. The summed E-state index contributed by atoms with van der Waals surface area (Å²) in [5.74, 6) is -2.23. The summed E-state index contributed by atoms with van der Waals surface area (Å²) in [5, 5.41) is 21.7. The van der Waals surface area contributed by atoms with Crippen LogP contribution in [0.3, 0.4) is 0 Å². The molecular weight excluding hydrogens is 1020 g/mol. The number of rotatable bonds is 18. The Morgan fingerprint density at radius 2 is 0.901 bits per heavy atom. The summed E-state index contributed by atoms with van der Waals surface area (Å²) < 4.78 is 25.9. The minimum absolute atomic E-state index is 0. The summed E-state index contributed by atoms with van der Waals surface area (Å²) in [4.78, 5) is 55.6. The number of carboxylic acid groups (broad SMARTS) is 2. The Hall–Kier alpha value is -3.78. The topological polar surface area (TPSA) is 149 Å². The van der Waals surface area contributed by atoms with Crippen LogP contribution in [0.4, 0.5) is 0 Å². The summed E-state index contributed by atoms with van der Waals surface area (Å²) in [5.41, 5.74) is 1.44. The van der Waals surface area contributed by atoms with Crippen molar-refractivity contribution in [3.05, 3.63) is 139 Å². The maximum atomic E-state index is 14.1. The van der Waals surface area contributed by atoms with E-state index >= 15 is 0 Å². The molecule has 2 aliphatic heterocycles. The number of hydrogen-bond acceptors (Lipinski definition) is 6. The molecule has 4 aromatic carbocycles. The van der Waals surface area contributed by atoms with Gasteiger partial charge in [0.15, 0.2) is 0 Å². The van der Waals surface area contributed by atoms with E-state index in [4.69, 9.17) is 46.4 Å². The van der Waals surface area contributed by atoms with Gasteiger partial charge in [-0.25, -0.2) is 0 Å². The van der Waals surface area contributed by atoms with Gasteiger partial charge in [0, 0.05) is 87.6 Å². The van der Waals surface area contributed by atoms with Crippen molar-refractivity contribution in [3.63, 3.8) is 0 Å². The zero-order chi connectivity index (χ0) is 51.8. The van der Waals surface area contributed by atoms with E-state index in [0.717, 1.165) is 22.3 Å². The molecule has 4 aromatic rings. The third-order valence-electron chi connectivity index (χ3n) is 13.8. The summed E-state index contributed by atoms with van der Waals surface area (Å²) >= 11 is 25.1. The van der Waals surface area contributed by atoms with Crippen molar-refractivity contribution in [1.29, 1.82) is 0 Å². The Morgan fingerprint density at radius 3 is 1.17 bits per heavy atom. The second kappa shape index (κ2) is 25.9. The highest BCUT2D eigenvalue weighted by Crippen LogP contribution is 2.54. The van der Waals surface area contributed by atoms with Crippen LogP contribution < -0.4 is 0 Å². The van der Waals surface area contributed by atoms with Gasteiger partial charge in [0.25, 0.3) is 0 Å². The number of halogens is 4. The SMILES string of the molecule is C.CC[C@@H](C[S@@](=O)C(C)C)N1C(=O)[C@@](C)(CC(=O)O)C[C@H](c2cccc(Cl)c2)[C@H]1c1ccc(Cl)cc1.CC[C@@H](C[S@](=O)C(C)C)N1C(=O)[C@@](C)(CC(=O)O)C[C@H](c2cccc(Cl)c2)[C@H]1c1ccc(Cl)cc1. The van der Waals surface area contributed by atoms with Gasteiger partial charge in [-0.1, -0.05) is 158 Å². The normalized spacial score (nSPS) is 24.1. The Bertz CT molecular complexity index is 2360. The Kier molecular flexibility index (Phi) is 21.8. The Balaban J connectivity index is 0.000000304. The zero-order valence-corrected chi connectivity index (χ0v) is 45.7. The fourth-order valence-corrected chi connectivity index (χ4v) is 13.1. The molecule has 388 valence electrons. The van der Waals surface area contributed by atoms with Gasteiger partial charge >= 0.3 is 11.9 Å². The van der Waals surface area contributed by atoms with Crippen LogP contribution in [0.1, 0.15) is 148 Å². The average Bonchev–Trinajstić information content (AvgIpc) is 3.29. The van der Waals surface area contributed by atoms with Gasteiger partial charge in [-0.15, -0.1) is 0 Å². The predicted octanol–water partition coefficient (Wildman–Crippen LogP) is 13.6. The Morgan fingerprint density at radius 1 is 0.577 bits per heavy atom. The lowest BCUT2D eigenvalue weighted by molar-refractivity contribution is -0.160. The third-order valence-corrected chi connectivity index (χ3v) is 18.3. The number of benzene rings is 4. The van der Waals surface area contributed by atoms with Crippen molar-refractivity contribution >= 4 is 91.8 Å². The highest BCUT2D eigenvalue weighted by Gasteiger charge is 2.54. The van der Waals surface area contributed by atoms with Gasteiger partial charge < -0.3 is 20.0 Å². The van der Waals surface area contributed by atoms with Gasteiger partial charge in [-0.2, -0.15) is 0 Å². The molecule has 0 aromatic heterocycles. The number of nitrogens with zero attached hydrogens (tertiary/aromatic N) is 2. The van der Waals surface area contributed by atoms with Crippen molar-refractivity contribution in [2.75, 3.05) is 11.5 Å². The average molecular weight is 1090 g/mol. The molecule has 2 fully saturated rings. The maximum Gasteiger partial charge on any atom is 0.304 e. The molecule has 10 atom stereocenters. The number of carbonyl (C=O) groups is 4. The molecule has 0 bridgehead atoms. The van der Waals surface area contributed by atoms with Crippen molar-refractivity contribution in [3.8, 4) is 0 Å². The molecule has 0 spiro atoms. The first-order valence-electron chi connectivity index (χ1n) is 23.8. The number of hydrogen-bond donors (Lipinski definition) is 2. The van der Waals surface area contributed by atoms with Crippen LogP contribution in [0, 0.1) is 10.8 Å². The van der Waals surface area contributed by atoms with Gasteiger partial charge in [-0.05, 0) is 96.5 Å². The van der Waals surface area contributed by atoms with Crippen LogP contribution in [0.15, 0.2) is 97.1 Å². The molecule has 71 heavy (non-hydrogen) atoms. The van der Waals surface area contributed by atoms with Crippen LogP contribution in [0.2, 0.25) is 20.1 Å². The molecule has 10 nitrogen and oxygen atoms in total. The fourth-order valence-electron chi connectivity index (χ4n) is 10.1. The van der Waals surface area contributed by atoms with Crippen LogP contribution >= 0.6 is 46.4 Å². The lowest BCUT2D eigenvalue weighted by Crippen LogP contribution is -2.57. The van der Waals surface area contributed by atoms with E-state index in [2.05, 4.69) is 0 Å². The second-order valence-corrected chi connectivity index (χ2v) is 25.5. The first-order valence-corrected chi connectivity index (χ1v) is 28.1. The lowest BCUT2D eigenvalue weighted by Gasteiger charge is -2.52. The number of carboxylic acids is 2. The lowest BCUT2D eigenvalue weighted by atomic mass is 9.67. The fraction of sp³-hybridized carbons (Fsp3) is 0.491. The maximum absolute atomic E-state index is 14.1. The van der Waals surface area contributed by atoms with Crippen LogP contribution in [-0.2, 0) is 40.8 Å². The number of carbonyl (C=O) groups excluding carboxylic acids is 2. The molecule has 2 aliphatic rings. The van der Waals surface area contributed by atoms with Crippen molar-refractivity contribution in [2.24, 2.45) is 10.8 Å². The van der Waals surface area contributed by atoms with Gasteiger partial charge in [0.05, 0.1) is 35.8 Å². The van der Waals surface area contributed by atoms with E-state index in [1.807, 2.05) is 112 Å². The minimum atomic E-state index is -1.14. The Labute approximate surface area is 446 Å². The third kappa shape index (κ3) is 14.7. The first kappa shape index (κ1) is 59.8. The largest absolute Gasteiger partial charge is 0.481 e. The van der Waals surface area contributed by atoms with Crippen molar-refractivity contribution < 1.29 is 37.8 Å². The molecule has 2 saturated heterocycles. The second-order valence-electron chi connectivity index (χ2n) is 19.7. The summed E-state index contributed by atoms with van der Waals surface area (Å²) in [7, 11) is -2.28. The van der Waals surface area contributed by atoms with Crippen LogP contribution in [0.5, 0.6) is 0 Å². The van der Waals surface area contributed by atoms with E-state index in [0.29, 0.717) is 57.3 Å². The number of likely N-dealkylation sites (tertiary alicyclic amines) is 2. The quantitative estimate of drug-likeness (QED) is 0.100. The van der Waals surface area contributed by atoms with Crippen LogP contribution in [0.25, 0.3) is 0 Å². The monoisotopic (exact) mass is 1090 g/mol. The zero-order valence-electron chi connectivity index (χ0n) is 41.1. The van der Waals surface area contributed by atoms with E-state index < -0.39 is 44.4 Å². The number of amides is 2. The standard InChI is InChI=1S/2C27H33Cl2NO4S.CH4/c2*1-5-22(16-35(34)17(2)3)30-25(18-9-11-20(28)12-10-18)23(19-7-6-8-21(29)13-19)14-27(4,26(30)33)15-24(31)32;/h2*6-13,17,22-23,25H,5,14-16H2,1-4H3,(H,31,32);1H4/t22-,23+,25+,27+,35+;22-,23+,25+,27+,35-;/m00./s1. The molecular formula is C55H70Cl4N2O8S2. The number of piperidine rings is 2. The molecule has 2 N–H and O–H groups in total. The molecule has 16 heteroatoms. The molecule has 0 saturated carbocycles. The molecule has 0 unspecified atom stereocenters. The predicted molar refractivity (Wildman–Crippen MR) is 292 cm³/mol. The molecule has 0 aliphatic carbocycles. The van der Waals surface area contributed by atoms with Crippen molar-refractivity contribution in [2.45, 2.75) is 148 Å². The van der Waals surface area contributed by atoms with E-state index in [-0.39, 0.29) is 78.6 Å². The summed E-state index contributed by atoms with van der Waals surface area (Å²) in [6.45, 7) is 15.0. The van der Waals surface area contributed by atoms with Crippen molar-refractivity contribution in [1.82, 2.24) is 9.80 Å². The highest BCUT2D eigenvalue weighted by atomic mass is 35.5. The van der Waals surface area contributed by atoms with Crippen LogP contribution in [-0.4, -0.2) is 86.3 Å². The van der Waals surface area contributed by atoms with E-state index in [9.17, 15) is 37.8 Å². The molecule has 2 amide bonds. The minimum Gasteiger partial charge on any atom is -0.481 e. The molecule has 6 rings (SSSR count). The van der Waals surface area contributed by atoms with Gasteiger partial charge in [0.2, 0.25) is 11.8 Å². The van der Waals surface area contributed by atoms with Gasteiger partial charge in [0.1, 0.15) is 0 Å². The van der Waals surface area contributed by atoms with Gasteiger partial charge in [-0.3, -0.25) is 27.6 Å². The molecule has 2 heterocycles.